The number of nitrogens with zero attached hydrogens (tertiary/aromatic N) is 2. The van der Waals surface area contributed by atoms with Gasteiger partial charge < -0.3 is 28.7 Å². The Labute approximate surface area is 218 Å². The maximum atomic E-state index is 14.1. The number of hydrogen-bond acceptors (Lipinski definition) is 6. The zero-order chi connectivity index (χ0) is 26.1. The highest BCUT2D eigenvalue weighted by molar-refractivity contribution is 5.96. The zero-order valence-corrected chi connectivity index (χ0v) is 22.1. The number of benzene rings is 2. The van der Waals surface area contributed by atoms with Crippen LogP contribution in [0.15, 0.2) is 36.4 Å². The highest BCUT2D eigenvalue weighted by Gasteiger charge is 2.43. The second-order valence-corrected chi connectivity index (χ2v) is 10.6. The van der Waals surface area contributed by atoms with E-state index in [0.717, 1.165) is 31.2 Å². The summed E-state index contributed by atoms with van der Waals surface area (Å²) in [7, 11) is 1.58. The first-order valence-electron chi connectivity index (χ1n) is 13.2. The van der Waals surface area contributed by atoms with Crippen LogP contribution in [0.1, 0.15) is 63.6 Å². The average molecular weight is 509 g/mol. The first-order valence-corrected chi connectivity index (χ1v) is 13.2. The molecule has 0 unspecified atom stereocenters. The molecule has 0 N–H and O–H groups in total. The Morgan fingerprint density at radius 3 is 2.46 bits per heavy atom. The van der Waals surface area contributed by atoms with E-state index in [1.807, 2.05) is 55.1 Å². The minimum absolute atomic E-state index is 0.0238. The highest BCUT2D eigenvalue weighted by Crippen LogP contribution is 2.39. The van der Waals surface area contributed by atoms with E-state index in [0.29, 0.717) is 34.5 Å². The fourth-order valence-electron chi connectivity index (χ4n) is 5.56. The molecule has 8 heteroatoms. The van der Waals surface area contributed by atoms with Gasteiger partial charge in [0.15, 0.2) is 23.0 Å². The lowest BCUT2D eigenvalue weighted by Gasteiger charge is -2.45. The Morgan fingerprint density at radius 1 is 0.973 bits per heavy atom. The fourth-order valence-corrected chi connectivity index (χ4v) is 5.56. The largest absolute Gasteiger partial charge is 0.493 e. The number of methoxy groups -OCH3 is 1. The number of fused-ring (bicyclic) bond motifs is 1. The van der Waals surface area contributed by atoms with Crippen molar-refractivity contribution in [2.24, 2.45) is 5.92 Å². The molecule has 2 aromatic carbocycles. The summed E-state index contributed by atoms with van der Waals surface area (Å²) in [5, 5.41) is 0. The first kappa shape index (κ1) is 25.2. The number of piperazine rings is 1. The van der Waals surface area contributed by atoms with Crippen molar-refractivity contribution in [3.63, 3.8) is 0 Å². The third kappa shape index (κ3) is 5.20. The molecule has 0 aromatic heterocycles. The van der Waals surface area contributed by atoms with E-state index in [9.17, 15) is 9.59 Å². The van der Waals surface area contributed by atoms with E-state index in [-0.39, 0.29) is 43.8 Å². The van der Waals surface area contributed by atoms with Crippen LogP contribution in [0.3, 0.4) is 0 Å². The molecular formula is C29H36N2O6. The molecule has 1 aliphatic carbocycles. The normalized spacial score (nSPS) is 23.5. The van der Waals surface area contributed by atoms with Crippen molar-refractivity contribution in [3.05, 3.63) is 47.5 Å². The molecule has 2 aliphatic heterocycles. The van der Waals surface area contributed by atoms with Crippen LogP contribution in [0.5, 0.6) is 23.0 Å². The molecule has 198 valence electrons. The number of hydrogen-bond donors (Lipinski definition) is 0. The molecule has 2 aromatic rings. The van der Waals surface area contributed by atoms with Crippen molar-refractivity contribution in [1.82, 2.24) is 9.80 Å². The van der Waals surface area contributed by atoms with Crippen LogP contribution in [-0.4, -0.2) is 54.2 Å². The topological polar surface area (TPSA) is 77.5 Å². The smallest absolute Gasteiger partial charge is 0.250 e. The van der Waals surface area contributed by atoms with Gasteiger partial charge in [-0.2, -0.15) is 0 Å². The second-order valence-electron chi connectivity index (χ2n) is 10.6. The van der Waals surface area contributed by atoms with E-state index < -0.39 is 6.04 Å². The first-order chi connectivity index (χ1) is 17.8. The van der Waals surface area contributed by atoms with Gasteiger partial charge in [0, 0.05) is 12.6 Å². The predicted molar refractivity (Wildman–Crippen MR) is 138 cm³/mol. The van der Waals surface area contributed by atoms with Gasteiger partial charge in [0.1, 0.15) is 12.6 Å². The number of rotatable bonds is 7. The van der Waals surface area contributed by atoms with Crippen LogP contribution in [0, 0.1) is 5.92 Å². The Kier molecular flexibility index (Phi) is 7.17. The van der Waals surface area contributed by atoms with Gasteiger partial charge in [-0.15, -0.1) is 0 Å². The van der Waals surface area contributed by atoms with Crippen molar-refractivity contribution < 1.29 is 28.5 Å². The highest BCUT2D eigenvalue weighted by atomic mass is 16.7. The average Bonchev–Trinajstić information content (AvgIpc) is 3.35. The molecule has 1 saturated heterocycles. The Morgan fingerprint density at radius 2 is 1.73 bits per heavy atom. The number of ether oxygens (including phenoxy) is 4. The van der Waals surface area contributed by atoms with E-state index in [4.69, 9.17) is 18.9 Å². The van der Waals surface area contributed by atoms with Crippen molar-refractivity contribution in [3.8, 4) is 23.0 Å². The van der Waals surface area contributed by atoms with Crippen molar-refractivity contribution in [1.29, 1.82) is 0 Å². The van der Waals surface area contributed by atoms with Gasteiger partial charge in [0.25, 0.3) is 5.91 Å². The molecule has 1 saturated carbocycles. The molecule has 2 fully saturated rings. The molecular weight excluding hydrogens is 472 g/mol. The lowest BCUT2D eigenvalue weighted by Crippen LogP contribution is -2.58. The molecule has 1 atom stereocenters. The summed E-state index contributed by atoms with van der Waals surface area (Å²) in [5.74, 6) is 3.03. The van der Waals surface area contributed by atoms with E-state index in [2.05, 4.69) is 6.92 Å². The Balaban J connectivity index is 1.49. The fraction of sp³-hybridized carbons (Fsp3) is 0.517. The minimum Gasteiger partial charge on any atom is -0.493 e. The van der Waals surface area contributed by atoms with Gasteiger partial charge >= 0.3 is 0 Å². The summed E-state index contributed by atoms with van der Waals surface area (Å²) in [5.41, 5.74) is 1.59. The third-order valence-corrected chi connectivity index (χ3v) is 7.54. The van der Waals surface area contributed by atoms with Crippen LogP contribution in [0.2, 0.25) is 0 Å². The van der Waals surface area contributed by atoms with Gasteiger partial charge in [-0.1, -0.05) is 19.1 Å². The van der Waals surface area contributed by atoms with Crippen molar-refractivity contribution in [2.75, 3.05) is 20.4 Å². The third-order valence-electron chi connectivity index (χ3n) is 7.54. The van der Waals surface area contributed by atoms with Gasteiger partial charge in [-0.05, 0) is 80.8 Å². The van der Waals surface area contributed by atoms with Crippen LogP contribution in [0.25, 0.3) is 0 Å². The molecule has 37 heavy (non-hydrogen) atoms. The molecule has 8 nitrogen and oxygen atoms in total. The molecule has 3 aliphatic rings. The van der Waals surface area contributed by atoms with E-state index in [1.165, 1.54) is 0 Å². The van der Waals surface area contributed by atoms with Crippen molar-refractivity contribution in [2.45, 2.75) is 71.2 Å². The minimum atomic E-state index is -0.756. The summed E-state index contributed by atoms with van der Waals surface area (Å²) < 4.78 is 22.5. The molecule has 0 radical (unpaired) electrons. The van der Waals surface area contributed by atoms with Gasteiger partial charge in [0.05, 0.1) is 13.2 Å². The van der Waals surface area contributed by atoms with E-state index >= 15 is 0 Å². The van der Waals surface area contributed by atoms with Gasteiger partial charge in [-0.25, -0.2) is 0 Å². The lowest BCUT2D eigenvalue weighted by molar-refractivity contribution is -0.160. The number of carbonyl (C=O) groups is 2. The van der Waals surface area contributed by atoms with Crippen LogP contribution in [-0.2, 0) is 16.1 Å². The SMILES string of the molecule is COc1cc([C@H]2C(=O)N(C3CCC(C)CC3)CC(=O)N2Cc2ccc3c(c2)OCO3)ccc1OC(C)C. The van der Waals surface area contributed by atoms with Gasteiger partial charge in [0.2, 0.25) is 12.7 Å². The van der Waals surface area contributed by atoms with E-state index in [1.54, 1.807) is 12.0 Å². The summed E-state index contributed by atoms with van der Waals surface area (Å²) in [4.78, 5) is 31.3. The number of amides is 2. The van der Waals surface area contributed by atoms with Crippen LogP contribution < -0.4 is 18.9 Å². The lowest BCUT2D eigenvalue weighted by atomic mass is 9.85. The standard InChI is InChI=1S/C29H36N2O6/c1-18(2)37-24-12-8-21(14-25(24)34-4)28-29(33)30(22-9-5-19(3)6-10-22)16-27(32)31(28)15-20-7-11-23-26(13-20)36-17-35-23/h7-8,11-14,18-19,22,28H,5-6,9-10,15-17H2,1-4H3/t19?,22?,28-/m0/s1. The quantitative estimate of drug-likeness (QED) is 0.540. The predicted octanol–water partition coefficient (Wildman–Crippen LogP) is 4.70. The maximum absolute atomic E-state index is 14.1. The zero-order valence-electron chi connectivity index (χ0n) is 22.1. The monoisotopic (exact) mass is 508 g/mol. The van der Waals surface area contributed by atoms with Gasteiger partial charge in [-0.3, -0.25) is 9.59 Å². The van der Waals surface area contributed by atoms with Crippen molar-refractivity contribution >= 4 is 11.8 Å². The van der Waals surface area contributed by atoms with Crippen LogP contribution >= 0.6 is 0 Å². The Hall–Kier alpha value is -3.42. The van der Waals surface area contributed by atoms with Crippen LogP contribution in [0.4, 0.5) is 0 Å². The number of carbonyl (C=O) groups excluding carboxylic acids is 2. The molecule has 0 spiro atoms. The second kappa shape index (κ2) is 10.5. The maximum Gasteiger partial charge on any atom is 0.250 e. The molecule has 2 amide bonds. The summed E-state index contributed by atoms with van der Waals surface area (Å²) in [6.07, 6.45) is 3.98. The summed E-state index contributed by atoms with van der Waals surface area (Å²) in [6.45, 7) is 6.72. The summed E-state index contributed by atoms with van der Waals surface area (Å²) in [6, 6.07) is 10.5. The Bertz CT molecular complexity index is 1160. The summed E-state index contributed by atoms with van der Waals surface area (Å²) >= 11 is 0. The molecule has 5 rings (SSSR count). The molecule has 0 bridgehead atoms. The molecule has 2 heterocycles.